The molecule has 0 unspecified atom stereocenters. The summed E-state index contributed by atoms with van der Waals surface area (Å²) in [4.78, 5) is 18.3. The van der Waals surface area contributed by atoms with E-state index in [0.29, 0.717) is 18.1 Å². The summed E-state index contributed by atoms with van der Waals surface area (Å²) in [5.74, 6) is 0.783. The van der Waals surface area contributed by atoms with Crippen molar-refractivity contribution in [3.05, 3.63) is 28.3 Å². The molecule has 5 nitrogen and oxygen atoms in total. The topological polar surface area (TPSA) is 58.4 Å². The number of nitrogens with zero attached hydrogens (tertiary/aromatic N) is 2. The summed E-state index contributed by atoms with van der Waals surface area (Å²) >= 11 is 1.56. The van der Waals surface area contributed by atoms with Gasteiger partial charge in [-0.3, -0.25) is 4.79 Å². The van der Waals surface area contributed by atoms with Crippen LogP contribution >= 0.6 is 11.3 Å². The lowest BCUT2D eigenvalue weighted by Gasteiger charge is -2.09. The van der Waals surface area contributed by atoms with Gasteiger partial charge in [-0.05, 0) is 46.1 Å². The van der Waals surface area contributed by atoms with E-state index in [-0.39, 0.29) is 5.91 Å². The van der Waals surface area contributed by atoms with E-state index in [1.165, 1.54) is 0 Å². The summed E-state index contributed by atoms with van der Waals surface area (Å²) < 4.78 is 5.54. The lowest BCUT2D eigenvalue weighted by atomic mass is 10.3. The molecule has 2 aromatic heterocycles. The lowest BCUT2D eigenvalue weighted by Crippen LogP contribution is -2.26. The van der Waals surface area contributed by atoms with E-state index in [9.17, 15) is 4.79 Å². The maximum atomic E-state index is 11.9. The van der Waals surface area contributed by atoms with Gasteiger partial charge in [-0.1, -0.05) is 0 Å². The van der Waals surface area contributed by atoms with Gasteiger partial charge >= 0.3 is 0 Å². The minimum atomic E-state index is -0.179. The molecule has 0 fully saturated rings. The number of carbonyl (C=O) groups excluding carboxylic acids is 1. The monoisotopic (exact) mass is 293 g/mol. The number of thiazole rings is 1. The molecule has 0 spiro atoms. The second-order valence-corrected chi connectivity index (χ2v) is 5.89. The molecule has 0 aliphatic carbocycles. The molecule has 1 N–H and O–H groups in total. The summed E-state index contributed by atoms with van der Waals surface area (Å²) in [5.41, 5.74) is 0.777. The molecular weight excluding hydrogens is 274 g/mol. The van der Waals surface area contributed by atoms with Gasteiger partial charge in [-0.2, -0.15) is 0 Å². The summed E-state index contributed by atoms with van der Waals surface area (Å²) in [6.45, 7) is 3.53. The molecule has 2 aromatic rings. The number of nitrogens with one attached hydrogen (secondary N) is 1. The Morgan fingerprint density at radius 3 is 2.90 bits per heavy atom. The normalized spacial score (nSPS) is 11.0. The van der Waals surface area contributed by atoms with Gasteiger partial charge in [-0.15, -0.1) is 11.3 Å². The largest absolute Gasteiger partial charge is 0.449 e. The van der Waals surface area contributed by atoms with Crippen LogP contribution in [0.5, 0.6) is 0 Å². The third-order valence-corrected chi connectivity index (χ3v) is 3.54. The van der Waals surface area contributed by atoms with Crippen molar-refractivity contribution in [2.45, 2.75) is 13.3 Å². The zero-order chi connectivity index (χ0) is 14.5. The fraction of sp³-hybridized carbons (Fsp3) is 0.429. The first-order chi connectivity index (χ1) is 9.56. The van der Waals surface area contributed by atoms with Crippen molar-refractivity contribution in [2.75, 3.05) is 27.2 Å². The standard InChI is InChI=1S/C14H19N3O2S/c1-10-16-11(9-20-10)12-5-6-13(19-12)14(18)15-7-4-8-17(2)3/h5-6,9H,4,7-8H2,1-3H3,(H,15,18). The van der Waals surface area contributed by atoms with Crippen molar-refractivity contribution in [3.8, 4) is 11.5 Å². The highest BCUT2D eigenvalue weighted by molar-refractivity contribution is 7.09. The Bertz CT molecular complexity index is 574. The maximum absolute atomic E-state index is 11.9. The van der Waals surface area contributed by atoms with E-state index in [0.717, 1.165) is 23.7 Å². The molecule has 0 bridgehead atoms. The fourth-order valence-corrected chi connectivity index (χ4v) is 2.36. The van der Waals surface area contributed by atoms with Crippen LogP contribution in [-0.4, -0.2) is 43.0 Å². The molecule has 2 heterocycles. The van der Waals surface area contributed by atoms with Crippen molar-refractivity contribution in [2.24, 2.45) is 0 Å². The molecule has 108 valence electrons. The first-order valence-corrected chi connectivity index (χ1v) is 7.39. The number of hydrogen-bond acceptors (Lipinski definition) is 5. The first kappa shape index (κ1) is 14.7. The van der Waals surface area contributed by atoms with Gasteiger partial charge < -0.3 is 14.6 Å². The average molecular weight is 293 g/mol. The van der Waals surface area contributed by atoms with Gasteiger partial charge in [0.2, 0.25) is 0 Å². The van der Waals surface area contributed by atoms with Crippen LogP contribution in [-0.2, 0) is 0 Å². The molecule has 0 aromatic carbocycles. The first-order valence-electron chi connectivity index (χ1n) is 6.51. The third-order valence-electron chi connectivity index (χ3n) is 2.77. The molecule has 0 aliphatic heterocycles. The molecule has 0 atom stereocenters. The van der Waals surface area contributed by atoms with Crippen LogP contribution in [0.4, 0.5) is 0 Å². The number of hydrogen-bond donors (Lipinski definition) is 1. The highest BCUT2D eigenvalue weighted by Gasteiger charge is 2.13. The van der Waals surface area contributed by atoms with Crippen molar-refractivity contribution in [1.82, 2.24) is 15.2 Å². The summed E-state index contributed by atoms with van der Waals surface area (Å²) in [6.07, 6.45) is 0.914. The van der Waals surface area contributed by atoms with Crippen LogP contribution in [0.1, 0.15) is 22.0 Å². The van der Waals surface area contributed by atoms with Gasteiger partial charge in [0.25, 0.3) is 5.91 Å². The van der Waals surface area contributed by atoms with Gasteiger partial charge in [0.1, 0.15) is 5.69 Å². The Morgan fingerprint density at radius 2 is 2.25 bits per heavy atom. The number of amides is 1. The maximum Gasteiger partial charge on any atom is 0.287 e. The lowest BCUT2D eigenvalue weighted by molar-refractivity contribution is 0.0925. The Balaban J connectivity index is 1.90. The third kappa shape index (κ3) is 3.91. The Kier molecular flexibility index (Phi) is 4.92. The number of aryl methyl sites for hydroxylation is 1. The van der Waals surface area contributed by atoms with Crippen LogP contribution in [0.15, 0.2) is 21.9 Å². The summed E-state index contributed by atoms with van der Waals surface area (Å²) in [7, 11) is 4.02. The second-order valence-electron chi connectivity index (χ2n) is 4.83. The Hall–Kier alpha value is -1.66. The second kappa shape index (κ2) is 6.67. The van der Waals surface area contributed by atoms with Gasteiger partial charge in [-0.25, -0.2) is 4.98 Å². The average Bonchev–Trinajstić information content (AvgIpc) is 3.02. The smallest absolute Gasteiger partial charge is 0.287 e. The molecule has 0 saturated heterocycles. The van der Waals surface area contributed by atoms with Crippen LogP contribution in [0.25, 0.3) is 11.5 Å². The molecule has 6 heteroatoms. The zero-order valence-electron chi connectivity index (χ0n) is 12.0. The number of carbonyl (C=O) groups is 1. The van der Waals surface area contributed by atoms with Gasteiger partial charge in [0.05, 0.1) is 5.01 Å². The SMILES string of the molecule is Cc1nc(-c2ccc(C(=O)NCCCN(C)C)o2)cs1. The molecular formula is C14H19N3O2S. The summed E-state index contributed by atoms with van der Waals surface area (Å²) in [5, 5.41) is 5.75. The molecule has 20 heavy (non-hydrogen) atoms. The Labute approximate surface area is 122 Å². The van der Waals surface area contributed by atoms with Crippen molar-refractivity contribution < 1.29 is 9.21 Å². The predicted octanol–water partition coefficient (Wildman–Crippen LogP) is 2.39. The number of aromatic nitrogens is 1. The highest BCUT2D eigenvalue weighted by atomic mass is 32.1. The molecule has 0 radical (unpaired) electrons. The van der Waals surface area contributed by atoms with E-state index >= 15 is 0 Å². The number of rotatable bonds is 6. The molecule has 0 aliphatic rings. The van der Waals surface area contributed by atoms with Crippen LogP contribution in [0.2, 0.25) is 0 Å². The van der Waals surface area contributed by atoms with Gasteiger partial charge in [0, 0.05) is 11.9 Å². The van der Waals surface area contributed by atoms with E-state index in [2.05, 4.69) is 15.2 Å². The molecule has 1 amide bonds. The quantitative estimate of drug-likeness (QED) is 0.831. The van der Waals surface area contributed by atoms with Crippen LogP contribution in [0.3, 0.4) is 0 Å². The molecule has 0 saturated carbocycles. The van der Waals surface area contributed by atoms with Crippen LogP contribution < -0.4 is 5.32 Å². The fourth-order valence-electron chi connectivity index (χ4n) is 1.76. The summed E-state index contributed by atoms with van der Waals surface area (Å²) in [6, 6.07) is 3.47. The predicted molar refractivity (Wildman–Crippen MR) is 80.1 cm³/mol. The molecule has 2 rings (SSSR count). The highest BCUT2D eigenvalue weighted by Crippen LogP contribution is 2.23. The van der Waals surface area contributed by atoms with E-state index in [1.54, 1.807) is 23.5 Å². The van der Waals surface area contributed by atoms with Crippen molar-refractivity contribution in [1.29, 1.82) is 0 Å². The van der Waals surface area contributed by atoms with Crippen molar-refractivity contribution >= 4 is 17.2 Å². The van der Waals surface area contributed by atoms with Crippen LogP contribution in [0, 0.1) is 6.92 Å². The van der Waals surface area contributed by atoms with Gasteiger partial charge in [0.15, 0.2) is 11.5 Å². The Morgan fingerprint density at radius 1 is 1.45 bits per heavy atom. The van der Waals surface area contributed by atoms with Crippen molar-refractivity contribution in [3.63, 3.8) is 0 Å². The number of furan rings is 1. The zero-order valence-corrected chi connectivity index (χ0v) is 12.8. The minimum Gasteiger partial charge on any atom is -0.449 e. The van der Waals surface area contributed by atoms with E-state index < -0.39 is 0 Å². The minimum absolute atomic E-state index is 0.179. The van der Waals surface area contributed by atoms with E-state index in [1.807, 2.05) is 26.4 Å². The van der Waals surface area contributed by atoms with E-state index in [4.69, 9.17) is 4.42 Å².